The second kappa shape index (κ2) is 18.1. The number of methoxy groups -OCH3 is 1. The van der Waals surface area contributed by atoms with Crippen molar-refractivity contribution in [3.63, 3.8) is 0 Å². The van der Waals surface area contributed by atoms with Crippen LogP contribution in [-0.2, 0) is 33.4 Å². The molecule has 11 nitrogen and oxygen atoms in total. The van der Waals surface area contributed by atoms with Crippen LogP contribution in [0.1, 0.15) is 82.3 Å². The lowest BCUT2D eigenvalue weighted by Crippen LogP contribution is -2.58. The summed E-state index contributed by atoms with van der Waals surface area (Å²) in [5.74, 6) is -3.22. The highest BCUT2D eigenvalue weighted by atomic mass is 79.9. The number of fused-ring (bicyclic) bond motifs is 1. The summed E-state index contributed by atoms with van der Waals surface area (Å²) < 4.78 is 18.6. The first-order valence-electron chi connectivity index (χ1n) is 18.5. The Labute approximate surface area is 310 Å². The molecule has 280 valence electrons. The largest absolute Gasteiger partial charge is 0.455 e. The summed E-state index contributed by atoms with van der Waals surface area (Å²) in [5, 5.41) is 12.4. The predicted molar refractivity (Wildman–Crippen MR) is 196 cm³/mol. The zero-order valence-electron chi connectivity index (χ0n) is 29.8. The number of hydrogen-bond acceptors (Lipinski definition) is 8. The van der Waals surface area contributed by atoms with Gasteiger partial charge in [-0.15, -0.1) is 13.2 Å². The van der Waals surface area contributed by atoms with Crippen molar-refractivity contribution >= 4 is 39.6 Å². The topological polar surface area (TPSA) is 135 Å². The maximum absolute atomic E-state index is 14.9. The molecule has 8 atom stereocenters. The highest BCUT2D eigenvalue weighted by Gasteiger charge is 2.77. The van der Waals surface area contributed by atoms with E-state index in [-0.39, 0.29) is 48.2 Å². The van der Waals surface area contributed by atoms with E-state index in [1.807, 2.05) is 35.2 Å². The molecule has 3 aliphatic heterocycles. The van der Waals surface area contributed by atoms with Crippen LogP contribution in [0, 0.1) is 11.8 Å². The summed E-state index contributed by atoms with van der Waals surface area (Å²) in [4.78, 5) is 60.2. The Morgan fingerprint density at radius 2 is 1.88 bits per heavy atom. The number of benzene rings is 1. The molecule has 3 amide bonds. The van der Waals surface area contributed by atoms with Crippen molar-refractivity contribution in [2.45, 2.75) is 111 Å². The zero-order valence-corrected chi connectivity index (χ0v) is 31.3. The van der Waals surface area contributed by atoms with Gasteiger partial charge in [0.2, 0.25) is 17.7 Å². The van der Waals surface area contributed by atoms with Crippen molar-refractivity contribution in [3.8, 4) is 0 Å². The van der Waals surface area contributed by atoms with Gasteiger partial charge in [-0.3, -0.25) is 19.2 Å². The van der Waals surface area contributed by atoms with Crippen LogP contribution < -0.4 is 5.32 Å². The molecule has 0 aromatic heterocycles. The Hall–Kier alpha value is -3.06. The molecule has 2 N–H and O–H groups in total. The van der Waals surface area contributed by atoms with Crippen molar-refractivity contribution in [3.05, 3.63) is 61.2 Å². The maximum Gasteiger partial charge on any atom is 0.313 e. The Morgan fingerprint density at radius 3 is 2.55 bits per heavy atom. The molecule has 4 aliphatic rings. The molecule has 12 heteroatoms. The van der Waals surface area contributed by atoms with Crippen molar-refractivity contribution in [1.82, 2.24) is 15.1 Å². The average Bonchev–Trinajstić information content (AvgIpc) is 3.73. The Bertz CT molecular complexity index is 1390. The van der Waals surface area contributed by atoms with Crippen LogP contribution in [0.5, 0.6) is 0 Å². The fourth-order valence-electron chi connectivity index (χ4n) is 8.72. The van der Waals surface area contributed by atoms with Crippen molar-refractivity contribution in [1.29, 1.82) is 0 Å². The Balaban J connectivity index is 1.49. The van der Waals surface area contributed by atoms with Crippen LogP contribution in [0.4, 0.5) is 0 Å². The molecule has 1 aliphatic carbocycles. The summed E-state index contributed by atoms with van der Waals surface area (Å²) in [7, 11) is 1.52. The molecule has 51 heavy (non-hydrogen) atoms. The molecule has 1 saturated carbocycles. The molecular formula is C39H54BrN3O8. The van der Waals surface area contributed by atoms with E-state index in [1.165, 1.54) is 7.11 Å². The van der Waals surface area contributed by atoms with Crippen LogP contribution in [0.25, 0.3) is 0 Å². The van der Waals surface area contributed by atoms with Gasteiger partial charge in [-0.2, -0.15) is 0 Å². The highest BCUT2D eigenvalue weighted by molar-refractivity contribution is 9.09. The summed E-state index contributed by atoms with van der Waals surface area (Å²) in [5.41, 5.74) is -0.565. The average molecular weight is 773 g/mol. The lowest BCUT2D eigenvalue weighted by atomic mass is 9.70. The van der Waals surface area contributed by atoms with Gasteiger partial charge < -0.3 is 34.4 Å². The number of nitrogens with one attached hydrogen (secondary N) is 1. The number of allylic oxidation sites excluding steroid dienone is 1. The van der Waals surface area contributed by atoms with E-state index in [0.29, 0.717) is 50.8 Å². The summed E-state index contributed by atoms with van der Waals surface area (Å²) in [6, 6.07) is 7.57. The number of esters is 1. The van der Waals surface area contributed by atoms with Crippen LogP contribution in [0.2, 0.25) is 0 Å². The van der Waals surface area contributed by atoms with Crippen LogP contribution in [0.3, 0.4) is 0 Å². The Kier molecular flexibility index (Phi) is 13.9. The molecule has 1 aromatic rings. The molecule has 1 aromatic carbocycles. The SMILES string of the molecule is C=CCCC(=O)N[C@@H](COC)[C@@H](OC(=O)[C@H]1[C@@H]2O[C@@]3(CC2Br)[C@@H]1C(=O)N(CCCCCO)[C@@H]3C(=O)N(CC=C)C1CCCCC1)c1ccccc1. The van der Waals surface area contributed by atoms with Gasteiger partial charge in [-0.25, -0.2) is 0 Å². The monoisotopic (exact) mass is 771 g/mol. The van der Waals surface area contributed by atoms with E-state index >= 15 is 0 Å². The normalized spacial score (nSPS) is 28.2. The number of nitrogens with zero attached hydrogens (tertiary/aromatic N) is 2. The minimum atomic E-state index is -1.23. The van der Waals surface area contributed by atoms with Crippen molar-refractivity contribution in [2.24, 2.45) is 11.8 Å². The van der Waals surface area contributed by atoms with E-state index in [0.717, 1.165) is 32.1 Å². The number of carbonyl (C=O) groups excluding carboxylic acids is 4. The maximum atomic E-state index is 14.9. The van der Waals surface area contributed by atoms with Gasteiger partial charge >= 0.3 is 5.97 Å². The minimum absolute atomic E-state index is 0.0382. The molecule has 3 heterocycles. The minimum Gasteiger partial charge on any atom is -0.455 e. The number of halogens is 1. The second-order valence-electron chi connectivity index (χ2n) is 14.3. The molecule has 1 spiro atoms. The van der Waals surface area contributed by atoms with Gasteiger partial charge in [0.15, 0.2) is 0 Å². The van der Waals surface area contributed by atoms with Gasteiger partial charge in [0, 0.05) is 44.1 Å². The lowest BCUT2D eigenvalue weighted by Gasteiger charge is -2.41. The molecule has 0 radical (unpaired) electrons. The van der Waals surface area contributed by atoms with E-state index in [1.54, 1.807) is 17.1 Å². The third-order valence-corrected chi connectivity index (χ3v) is 11.8. The quantitative estimate of drug-likeness (QED) is 0.0901. The number of aliphatic hydroxyl groups excluding tert-OH is 1. The number of carbonyl (C=O) groups is 4. The zero-order chi connectivity index (χ0) is 36.5. The molecule has 4 fully saturated rings. The molecule has 3 saturated heterocycles. The van der Waals surface area contributed by atoms with Crippen LogP contribution in [0.15, 0.2) is 55.6 Å². The number of aliphatic hydroxyl groups is 1. The Morgan fingerprint density at radius 1 is 1.14 bits per heavy atom. The smallest absolute Gasteiger partial charge is 0.313 e. The standard InChI is InChI=1S/C39H54BrN3O8/c1-4-6-20-30(45)41-29(25-49-3)33(26-16-10-7-11-17-26)50-38(48)31-32-36(46)43(22-14-9-15-23-44)35(39(32)24-28(40)34(31)51-39)37(47)42(21-5-2)27-18-12-8-13-19-27/h4-5,7,10-11,16-17,27-29,31-35,44H,1-2,6,8-9,12-15,18-25H2,3H3,(H,41,45)/t28?,29-,31+,32-,33-,34+,35+,39-/m0/s1. The highest BCUT2D eigenvalue weighted by Crippen LogP contribution is 2.60. The fourth-order valence-corrected chi connectivity index (χ4v) is 9.67. The molecule has 5 rings (SSSR count). The third kappa shape index (κ3) is 8.29. The number of hydrogen-bond donors (Lipinski definition) is 2. The fraction of sp³-hybridized carbons (Fsp3) is 0.641. The number of alkyl halides is 1. The van der Waals surface area contributed by atoms with Crippen molar-refractivity contribution < 1.29 is 38.5 Å². The lowest BCUT2D eigenvalue weighted by molar-refractivity contribution is -0.163. The summed E-state index contributed by atoms with van der Waals surface area (Å²) >= 11 is 3.77. The van der Waals surface area contributed by atoms with Crippen LogP contribution >= 0.6 is 15.9 Å². The first kappa shape index (κ1) is 39.2. The van der Waals surface area contributed by atoms with Gasteiger partial charge in [0.1, 0.15) is 17.7 Å². The van der Waals surface area contributed by atoms with E-state index < -0.39 is 47.7 Å². The number of likely N-dealkylation sites (tertiary alicyclic amines) is 1. The van der Waals surface area contributed by atoms with Crippen LogP contribution in [-0.4, -0.2) is 107 Å². The first-order chi connectivity index (χ1) is 24.7. The summed E-state index contributed by atoms with van der Waals surface area (Å²) in [6.45, 7) is 8.43. The molecular weight excluding hydrogens is 718 g/mol. The predicted octanol–water partition coefficient (Wildman–Crippen LogP) is 4.63. The number of amides is 3. The van der Waals surface area contributed by atoms with Gasteiger partial charge in [0.25, 0.3) is 0 Å². The number of ether oxygens (including phenoxy) is 3. The third-order valence-electron chi connectivity index (χ3n) is 11.0. The van der Waals surface area contributed by atoms with E-state index in [9.17, 15) is 24.3 Å². The van der Waals surface area contributed by atoms with Gasteiger partial charge in [-0.1, -0.05) is 77.7 Å². The second-order valence-corrected chi connectivity index (χ2v) is 15.5. The van der Waals surface area contributed by atoms with Gasteiger partial charge in [0.05, 0.1) is 30.6 Å². The molecule has 2 bridgehead atoms. The van der Waals surface area contributed by atoms with E-state index in [2.05, 4.69) is 34.4 Å². The van der Waals surface area contributed by atoms with E-state index in [4.69, 9.17) is 14.2 Å². The first-order valence-corrected chi connectivity index (χ1v) is 19.4. The molecule has 1 unspecified atom stereocenters. The summed E-state index contributed by atoms with van der Waals surface area (Å²) in [6.07, 6.45) is 9.73. The number of rotatable bonds is 19. The van der Waals surface area contributed by atoms with Gasteiger partial charge in [-0.05, 0) is 50.5 Å². The van der Waals surface area contributed by atoms with Crippen molar-refractivity contribution in [2.75, 3.05) is 33.4 Å². The number of unbranched alkanes of at least 4 members (excludes halogenated alkanes) is 2.